The molecule has 138 valence electrons. The average molecular weight is 382 g/mol. The van der Waals surface area contributed by atoms with Crippen LogP contribution < -0.4 is 4.74 Å². The molecule has 1 heterocycles. The Labute approximate surface area is 158 Å². The minimum atomic E-state index is -3.29. The van der Waals surface area contributed by atoms with Crippen molar-refractivity contribution >= 4 is 15.7 Å². The minimum absolute atomic E-state index is 0.129. The van der Waals surface area contributed by atoms with Crippen LogP contribution in [0.3, 0.4) is 0 Å². The number of sulfone groups is 1. The predicted molar refractivity (Wildman–Crippen MR) is 100 cm³/mol. The molecule has 7 heteroatoms. The molecule has 0 saturated carbocycles. The van der Waals surface area contributed by atoms with Crippen molar-refractivity contribution in [2.24, 2.45) is 0 Å². The van der Waals surface area contributed by atoms with Crippen LogP contribution in [0.25, 0.3) is 0 Å². The van der Waals surface area contributed by atoms with E-state index in [4.69, 9.17) is 10.00 Å². The van der Waals surface area contributed by atoms with E-state index in [0.29, 0.717) is 11.3 Å². The van der Waals surface area contributed by atoms with E-state index in [1.54, 1.807) is 24.3 Å². The Morgan fingerprint density at radius 1 is 1.19 bits per heavy atom. The maximum absolute atomic E-state index is 12.8. The second-order valence-electron chi connectivity index (χ2n) is 6.16. The second kappa shape index (κ2) is 8.06. The third-order valence-electron chi connectivity index (χ3n) is 4.15. The molecule has 2 aromatic carbocycles. The Kier molecular flexibility index (Phi) is 5.57. The van der Waals surface area contributed by atoms with Crippen LogP contribution in [-0.4, -0.2) is 37.6 Å². The highest BCUT2D eigenvalue weighted by atomic mass is 32.2. The van der Waals surface area contributed by atoms with Crippen molar-refractivity contribution < 1.29 is 17.9 Å². The summed E-state index contributed by atoms with van der Waals surface area (Å²) in [5.74, 6) is -0.0419. The highest BCUT2D eigenvalue weighted by Crippen LogP contribution is 2.19. The molecule has 3 rings (SSSR count). The molecule has 1 atom stereocenters. The molecule has 0 bridgehead atoms. The third kappa shape index (κ3) is 4.96. The van der Waals surface area contributed by atoms with Gasteiger partial charge in [0, 0.05) is 12.0 Å². The summed E-state index contributed by atoms with van der Waals surface area (Å²) >= 11 is 0. The van der Waals surface area contributed by atoms with Crippen molar-refractivity contribution in [2.45, 2.75) is 12.6 Å². The van der Waals surface area contributed by atoms with Gasteiger partial charge in [-0.05, 0) is 29.8 Å². The van der Waals surface area contributed by atoms with Crippen LogP contribution in [0.15, 0.2) is 66.1 Å². The molecule has 27 heavy (non-hydrogen) atoms. The van der Waals surface area contributed by atoms with Crippen molar-refractivity contribution in [3.05, 3.63) is 77.2 Å². The summed E-state index contributed by atoms with van der Waals surface area (Å²) in [7, 11) is -3.29. The van der Waals surface area contributed by atoms with Crippen LogP contribution in [0, 0.1) is 11.3 Å². The fraction of sp³-hybridized carbons (Fsp3) is 0.200. The lowest BCUT2D eigenvalue weighted by molar-refractivity contribution is -0.135. The van der Waals surface area contributed by atoms with E-state index in [-0.39, 0.29) is 24.8 Å². The highest BCUT2D eigenvalue weighted by molar-refractivity contribution is 7.94. The van der Waals surface area contributed by atoms with Crippen LogP contribution in [-0.2, 0) is 21.2 Å². The number of ether oxygens (including phenoxy) is 1. The van der Waals surface area contributed by atoms with Crippen molar-refractivity contribution in [1.82, 2.24) is 4.90 Å². The lowest BCUT2D eigenvalue weighted by atomic mass is 10.2. The zero-order valence-corrected chi connectivity index (χ0v) is 15.3. The van der Waals surface area contributed by atoms with Crippen molar-refractivity contribution in [3.63, 3.8) is 0 Å². The Bertz CT molecular complexity index is 994. The van der Waals surface area contributed by atoms with Crippen LogP contribution in [0.5, 0.6) is 5.75 Å². The van der Waals surface area contributed by atoms with Gasteiger partial charge in [0.05, 0.1) is 23.4 Å². The molecule has 0 N–H and O–H groups in total. The van der Waals surface area contributed by atoms with Crippen LogP contribution in [0.1, 0.15) is 11.1 Å². The Morgan fingerprint density at radius 3 is 2.63 bits per heavy atom. The van der Waals surface area contributed by atoms with Gasteiger partial charge in [-0.25, -0.2) is 8.42 Å². The first-order valence-corrected chi connectivity index (χ1v) is 10.1. The number of hydrogen-bond acceptors (Lipinski definition) is 5. The first-order valence-electron chi connectivity index (χ1n) is 8.34. The van der Waals surface area contributed by atoms with Gasteiger partial charge in [-0.15, -0.1) is 0 Å². The molecule has 0 radical (unpaired) electrons. The molecule has 0 saturated heterocycles. The molecular weight excluding hydrogens is 364 g/mol. The Hall–Kier alpha value is -3.11. The molecule has 1 amide bonds. The van der Waals surface area contributed by atoms with Gasteiger partial charge in [0.15, 0.2) is 16.4 Å². The van der Waals surface area contributed by atoms with Crippen molar-refractivity contribution in [3.8, 4) is 11.8 Å². The first-order chi connectivity index (χ1) is 13.0. The van der Waals surface area contributed by atoms with E-state index in [9.17, 15) is 13.2 Å². The van der Waals surface area contributed by atoms with Gasteiger partial charge in [-0.2, -0.15) is 5.26 Å². The molecule has 0 unspecified atom stereocenters. The van der Waals surface area contributed by atoms with Gasteiger partial charge in [-0.1, -0.05) is 36.4 Å². The van der Waals surface area contributed by atoms with E-state index in [2.05, 4.69) is 0 Å². The summed E-state index contributed by atoms with van der Waals surface area (Å²) in [6.45, 7) is 0.0396. The SMILES string of the molecule is N#Cc1cccc(OCC(=O)N(Cc2ccccc2)[C@@H]2C=CS(=O)(=O)C2)c1. The second-order valence-corrected chi connectivity index (χ2v) is 8.09. The van der Waals surface area contributed by atoms with E-state index in [0.717, 1.165) is 11.0 Å². The third-order valence-corrected chi connectivity index (χ3v) is 5.53. The quantitative estimate of drug-likeness (QED) is 0.765. The number of carbonyl (C=O) groups excluding carboxylic acids is 1. The van der Waals surface area contributed by atoms with Gasteiger partial charge < -0.3 is 9.64 Å². The summed E-state index contributed by atoms with van der Waals surface area (Å²) in [5, 5.41) is 10.1. The van der Waals surface area contributed by atoms with Gasteiger partial charge >= 0.3 is 0 Å². The topological polar surface area (TPSA) is 87.5 Å². The fourth-order valence-corrected chi connectivity index (χ4v) is 4.11. The van der Waals surface area contributed by atoms with E-state index < -0.39 is 15.9 Å². The Morgan fingerprint density at radius 2 is 1.96 bits per heavy atom. The van der Waals surface area contributed by atoms with Crippen LogP contribution in [0.4, 0.5) is 0 Å². The van der Waals surface area contributed by atoms with E-state index >= 15 is 0 Å². The zero-order valence-electron chi connectivity index (χ0n) is 14.5. The predicted octanol–water partition coefficient (Wildman–Crippen LogP) is 2.28. The smallest absolute Gasteiger partial charge is 0.261 e. The molecule has 0 fully saturated rings. The summed E-state index contributed by atoms with van der Waals surface area (Å²) in [6.07, 6.45) is 1.53. The fourth-order valence-electron chi connectivity index (χ4n) is 2.81. The van der Waals surface area contributed by atoms with Gasteiger partial charge in [0.2, 0.25) is 0 Å². The molecule has 0 aromatic heterocycles. The normalized spacial score (nSPS) is 17.2. The zero-order chi connectivity index (χ0) is 19.3. The van der Waals surface area contributed by atoms with Crippen LogP contribution >= 0.6 is 0 Å². The van der Waals surface area contributed by atoms with Crippen molar-refractivity contribution in [1.29, 1.82) is 5.26 Å². The number of hydrogen-bond donors (Lipinski definition) is 0. The number of benzene rings is 2. The summed E-state index contributed by atoms with van der Waals surface area (Å²) in [5.41, 5.74) is 1.33. The lowest BCUT2D eigenvalue weighted by Crippen LogP contribution is -2.42. The largest absolute Gasteiger partial charge is 0.484 e. The van der Waals surface area contributed by atoms with Gasteiger partial charge in [-0.3, -0.25) is 4.79 Å². The standard InChI is InChI=1S/C20H18N2O4S/c21-12-17-7-4-8-19(11-17)26-14-20(23)22(13-16-5-2-1-3-6-16)18-9-10-27(24,25)15-18/h1-11,18H,13-15H2/t18-/m1/s1. The maximum Gasteiger partial charge on any atom is 0.261 e. The highest BCUT2D eigenvalue weighted by Gasteiger charge is 2.30. The van der Waals surface area contributed by atoms with Crippen LogP contribution in [0.2, 0.25) is 0 Å². The molecule has 1 aliphatic heterocycles. The van der Waals surface area contributed by atoms with Gasteiger partial charge in [0.1, 0.15) is 5.75 Å². The monoisotopic (exact) mass is 382 g/mol. The van der Waals surface area contributed by atoms with Crippen molar-refractivity contribution in [2.75, 3.05) is 12.4 Å². The molecular formula is C20H18N2O4S. The molecule has 2 aromatic rings. The molecule has 0 spiro atoms. The molecule has 0 aliphatic carbocycles. The number of amides is 1. The number of nitrogens with zero attached hydrogens (tertiary/aromatic N) is 2. The van der Waals surface area contributed by atoms with E-state index in [1.165, 1.54) is 11.0 Å². The number of rotatable bonds is 6. The Balaban J connectivity index is 1.74. The minimum Gasteiger partial charge on any atom is -0.484 e. The molecule has 1 aliphatic rings. The first kappa shape index (κ1) is 18.7. The number of carbonyl (C=O) groups is 1. The summed E-state index contributed by atoms with van der Waals surface area (Å²) < 4.78 is 29.1. The molecule has 6 nitrogen and oxygen atoms in total. The summed E-state index contributed by atoms with van der Waals surface area (Å²) in [6, 6.07) is 17.4. The average Bonchev–Trinajstić information content (AvgIpc) is 3.04. The van der Waals surface area contributed by atoms with E-state index in [1.807, 2.05) is 36.4 Å². The number of nitriles is 1. The summed E-state index contributed by atoms with van der Waals surface area (Å²) in [4.78, 5) is 14.3. The maximum atomic E-state index is 12.8. The van der Waals surface area contributed by atoms with Gasteiger partial charge in [0.25, 0.3) is 5.91 Å². The lowest BCUT2D eigenvalue weighted by Gasteiger charge is -2.27.